The van der Waals surface area contributed by atoms with Crippen molar-refractivity contribution in [2.75, 3.05) is 24.5 Å². The molecule has 1 saturated heterocycles. The molecule has 1 fully saturated rings. The molecule has 0 radical (unpaired) electrons. The van der Waals surface area contributed by atoms with Crippen molar-refractivity contribution in [2.24, 2.45) is 5.92 Å². The van der Waals surface area contributed by atoms with Crippen LogP contribution in [-0.2, 0) is 6.54 Å². The fraction of sp³-hybridized carbons (Fsp3) is 0.368. The van der Waals surface area contributed by atoms with E-state index < -0.39 is 5.97 Å². The number of carbonyl (C=O) groups is 1. The number of pyridine rings is 1. The lowest BCUT2D eigenvalue weighted by Gasteiger charge is -2.34. The van der Waals surface area contributed by atoms with Gasteiger partial charge in [-0.15, -0.1) is 0 Å². The molecule has 138 valence electrons. The zero-order valence-electron chi connectivity index (χ0n) is 14.3. The summed E-state index contributed by atoms with van der Waals surface area (Å²) >= 11 is 12.1. The van der Waals surface area contributed by atoms with E-state index >= 15 is 0 Å². The second-order valence-electron chi connectivity index (χ2n) is 6.48. The van der Waals surface area contributed by atoms with E-state index in [2.05, 4.69) is 15.2 Å². The van der Waals surface area contributed by atoms with Gasteiger partial charge in [0.05, 0.1) is 15.7 Å². The summed E-state index contributed by atoms with van der Waals surface area (Å²) in [5.41, 5.74) is 1.94. The van der Waals surface area contributed by atoms with Gasteiger partial charge in [-0.25, -0.2) is 9.78 Å². The number of nitrogens with zero attached hydrogens (tertiary/aromatic N) is 2. The van der Waals surface area contributed by atoms with Crippen molar-refractivity contribution in [1.82, 2.24) is 10.3 Å². The molecule has 0 amide bonds. The lowest BCUT2D eigenvalue weighted by atomic mass is 9.96. The van der Waals surface area contributed by atoms with Crippen LogP contribution in [0.5, 0.6) is 0 Å². The van der Waals surface area contributed by atoms with Crippen LogP contribution in [0.15, 0.2) is 36.4 Å². The van der Waals surface area contributed by atoms with E-state index in [1.54, 1.807) is 6.07 Å². The smallest absolute Gasteiger partial charge is 0.354 e. The number of anilines is 1. The van der Waals surface area contributed by atoms with Gasteiger partial charge in [0, 0.05) is 25.3 Å². The van der Waals surface area contributed by atoms with E-state index in [0.717, 1.165) is 43.9 Å². The van der Waals surface area contributed by atoms with Gasteiger partial charge in [0.1, 0.15) is 5.69 Å². The molecular weight excluding hydrogens is 373 g/mol. The Morgan fingerprint density at radius 3 is 2.65 bits per heavy atom. The van der Waals surface area contributed by atoms with Crippen molar-refractivity contribution < 1.29 is 9.90 Å². The Morgan fingerprint density at radius 2 is 1.96 bits per heavy atom. The minimum absolute atomic E-state index is 0.0826. The van der Waals surface area contributed by atoms with Gasteiger partial charge in [0.2, 0.25) is 0 Å². The first kappa shape index (κ1) is 19.0. The maximum atomic E-state index is 11.0. The number of halogens is 2. The zero-order valence-corrected chi connectivity index (χ0v) is 15.8. The molecule has 0 bridgehead atoms. The third kappa shape index (κ3) is 4.87. The van der Waals surface area contributed by atoms with Crippen molar-refractivity contribution in [3.05, 3.63) is 57.8 Å². The van der Waals surface area contributed by atoms with E-state index in [1.807, 2.05) is 24.3 Å². The number of rotatable bonds is 6. The lowest BCUT2D eigenvalue weighted by Crippen LogP contribution is -2.37. The van der Waals surface area contributed by atoms with E-state index in [0.29, 0.717) is 22.5 Å². The lowest BCUT2D eigenvalue weighted by molar-refractivity contribution is 0.0690. The second-order valence-corrected chi connectivity index (χ2v) is 7.29. The molecule has 2 aromatic rings. The summed E-state index contributed by atoms with van der Waals surface area (Å²) in [7, 11) is 0. The van der Waals surface area contributed by atoms with Crippen LogP contribution in [0.4, 0.5) is 5.69 Å². The average Bonchev–Trinajstić information content (AvgIpc) is 2.65. The summed E-state index contributed by atoms with van der Waals surface area (Å²) < 4.78 is 0. The number of carboxylic acid groups (broad SMARTS) is 1. The predicted molar refractivity (Wildman–Crippen MR) is 104 cm³/mol. The van der Waals surface area contributed by atoms with E-state index in [1.165, 1.54) is 6.07 Å². The molecule has 0 atom stereocenters. The number of nitrogens with one attached hydrogen (secondary N) is 1. The molecule has 0 aliphatic carbocycles. The SMILES string of the molecule is O=C(O)c1cccc(CNCC2CCN(c3ccc(Cl)c(Cl)c3)CC2)n1. The number of carboxylic acids is 1. The Hall–Kier alpha value is -1.82. The van der Waals surface area contributed by atoms with Crippen molar-refractivity contribution in [3.8, 4) is 0 Å². The summed E-state index contributed by atoms with van der Waals surface area (Å²) in [4.78, 5) is 17.4. The summed E-state index contributed by atoms with van der Waals surface area (Å²) in [6.45, 7) is 3.44. The largest absolute Gasteiger partial charge is 0.477 e. The van der Waals surface area contributed by atoms with Crippen LogP contribution in [0.3, 0.4) is 0 Å². The molecule has 0 unspecified atom stereocenters. The Kier molecular flexibility index (Phi) is 6.35. The highest BCUT2D eigenvalue weighted by molar-refractivity contribution is 6.42. The number of benzene rings is 1. The molecule has 2 N–H and O–H groups in total. The van der Waals surface area contributed by atoms with E-state index in [-0.39, 0.29) is 5.69 Å². The van der Waals surface area contributed by atoms with Crippen molar-refractivity contribution in [2.45, 2.75) is 19.4 Å². The monoisotopic (exact) mass is 393 g/mol. The molecule has 5 nitrogen and oxygen atoms in total. The van der Waals surface area contributed by atoms with Crippen molar-refractivity contribution in [1.29, 1.82) is 0 Å². The fourth-order valence-electron chi connectivity index (χ4n) is 3.18. The van der Waals surface area contributed by atoms with Crippen LogP contribution in [0, 0.1) is 5.92 Å². The van der Waals surface area contributed by atoms with Gasteiger partial charge in [-0.2, -0.15) is 0 Å². The van der Waals surface area contributed by atoms with Crippen LogP contribution < -0.4 is 10.2 Å². The van der Waals surface area contributed by atoms with Crippen LogP contribution in [-0.4, -0.2) is 35.7 Å². The molecule has 1 aromatic heterocycles. The fourth-order valence-corrected chi connectivity index (χ4v) is 3.47. The average molecular weight is 394 g/mol. The van der Waals surface area contributed by atoms with Gasteiger partial charge < -0.3 is 15.3 Å². The molecule has 7 heteroatoms. The number of aromatic carboxylic acids is 1. The third-order valence-corrected chi connectivity index (χ3v) is 5.39. The summed E-state index contributed by atoms with van der Waals surface area (Å²) in [5, 5.41) is 13.5. The Bertz CT molecular complexity index is 777. The molecule has 2 heterocycles. The Labute approximate surface area is 162 Å². The van der Waals surface area contributed by atoms with Crippen LogP contribution in [0.2, 0.25) is 10.0 Å². The molecule has 1 aliphatic heterocycles. The first-order valence-electron chi connectivity index (χ1n) is 8.63. The van der Waals surface area contributed by atoms with E-state index in [9.17, 15) is 4.79 Å². The van der Waals surface area contributed by atoms with Crippen LogP contribution >= 0.6 is 23.2 Å². The maximum Gasteiger partial charge on any atom is 0.354 e. The third-order valence-electron chi connectivity index (χ3n) is 4.65. The second kappa shape index (κ2) is 8.71. The molecule has 0 spiro atoms. The highest BCUT2D eigenvalue weighted by atomic mass is 35.5. The zero-order chi connectivity index (χ0) is 18.5. The highest BCUT2D eigenvalue weighted by Crippen LogP contribution is 2.29. The van der Waals surface area contributed by atoms with Gasteiger partial charge in [0.25, 0.3) is 0 Å². The van der Waals surface area contributed by atoms with Gasteiger partial charge >= 0.3 is 5.97 Å². The molecule has 1 aliphatic rings. The highest BCUT2D eigenvalue weighted by Gasteiger charge is 2.19. The molecule has 0 saturated carbocycles. The van der Waals surface area contributed by atoms with Crippen molar-refractivity contribution >= 4 is 34.9 Å². The normalized spacial score (nSPS) is 15.2. The predicted octanol–water partition coefficient (Wildman–Crippen LogP) is 4.09. The Balaban J connectivity index is 1.45. The minimum Gasteiger partial charge on any atom is -0.477 e. The molecule has 1 aromatic carbocycles. The minimum atomic E-state index is -0.999. The topological polar surface area (TPSA) is 65.5 Å². The van der Waals surface area contributed by atoms with Crippen LogP contribution in [0.25, 0.3) is 0 Å². The van der Waals surface area contributed by atoms with Gasteiger partial charge in [-0.3, -0.25) is 0 Å². The van der Waals surface area contributed by atoms with Crippen molar-refractivity contribution in [3.63, 3.8) is 0 Å². The van der Waals surface area contributed by atoms with Gasteiger partial charge in [-0.1, -0.05) is 29.3 Å². The molecule has 26 heavy (non-hydrogen) atoms. The summed E-state index contributed by atoms with van der Waals surface area (Å²) in [6.07, 6.45) is 2.19. The van der Waals surface area contributed by atoms with Gasteiger partial charge in [0.15, 0.2) is 0 Å². The quantitative estimate of drug-likeness (QED) is 0.773. The maximum absolute atomic E-state index is 11.0. The number of piperidine rings is 1. The van der Waals surface area contributed by atoms with Gasteiger partial charge in [-0.05, 0) is 55.6 Å². The summed E-state index contributed by atoms with van der Waals surface area (Å²) in [5.74, 6) is -0.404. The first-order valence-corrected chi connectivity index (χ1v) is 9.38. The summed E-state index contributed by atoms with van der Waals surface area (Å²) in [6, 6.07) is 10.8. The number of aromatic nitrogens is 1. The Morgan fingerprint density at radius 1 is 1.19 bits per heavy atom. The van der Waals surface area contributed by atoms with E-state index in [4.69, 9.17) is 28.3 Å². The first-order chi connectivity index (χ1) is 12.5. The molecule has 3 rings (SSSR count). The standard InChI is InChI=1S/C19H21Cl2N3O2/c20-16-5-4-15(10-17(16)21)24-8-6-13(7-9-24)11-22-12-14-2-1-3-18(23-14)19(25)26/h1-5,10,13,22H,6-9,11-12H2,(H,25,26). The molecular formula is C19H21Cl2N3O2. The number of hydrogen-bond acceptors (Lipinski definition) is 4. The van der Waals surface area contributed by atoms with Crippen LogP contribution in [0.1, 0.15) is 29.0 Å². The number of hydrogen-bond donors (Lipinski definition) is 2.